The molecular formula is C11H10O2. The van der Waals surface area contributed by atoms with Gasteiger partial charge in [-0.3, -0.25) is 0 Å². The zero-order valence-corrected chi connectivity index (χ0v) is 7.07. The summed E-state index contributed by atoms with van der Waals surface area (Å²) in [6.07, 6.45) is 0.164. The third-order valence-electron chi connectivity index (χ3n) is 1.49. The maximum atomic E-state index is 8.48. The minimum absolute atomic E-state index is 0.749. The van der Waals surface area contributed by atoms with Crippen molar-refractivity contribution < 1.29 is 10.2 Å². The van der Waals surface area contributed by atoms with Crippen LogP contribution in [0, 0.1) is 11.8 Å². The SMILES string of the molecule is C=Cc1ccc(C#CC(O)O)cc1. The molecule has 0 aliphatic carbocycles. The molecule has 0 bridgehead atoms. The molecule has 0 unspecified atom stereocenters. The van der Waals surface area contributed by atoms with Gasteiger partial charge in [0.05, 0.1) is 0 Å². The number of aliphatic hydroxyl groups is 2. The van der Waals surface area contributed by atoms with Crippen LogP contribution in [0.4, 0.5) is 0 Å². The van der Waals surface area contributed by atoms with Crippen molar-refractivity contribution in [1.82, 2.24) is 0 Å². The minimum atomic E-state index is -1.57. The normalized spacial score (nSPS) is 9.15. The summed E-state index contributed by atoms with van der Waals surface area (Å²) in [4.78, 5) is 0. The van der Waals surface area contributed by atoms with E-state index in [1.807, 2.05) is 12.1 Å². The van der Waals surface area contributed by atoms with Gasteiger partial charge in [-0.25, -0.2) is 0 Å². The van der Waals surface area contributed by atoms with Crippen molar-refractivity contribution in [2.45, 2.75) is 6.29 Å². The highest BCUT2D eigenvalue weighted by molar-refractivity contribution is 5.49. The molecule has 0 saturated carbocycles. The molecule has 0 atom stereocenters. The van der Waals surface area contributed by atoms with Crippen LogP contribution in [-0.2, 0) is 0 Å². The van der Waals surface area contributed by atoms with E-state index in [9.17, 15) is 0 Å². The molecule has 0 radical (unpaired) electrons. The molecule has 2 heteroatoms. The Hall–Kier alpha value is -1.56. The highest BCUT2D eigenvalue weighted by Crippen LogP contribution is 2.03. The summed E-state index contributed by atoms with van der Waals surface area (Å²) in [6, 6.07) is 7.32. The van der Waals surface area contributed by atoms with Crippen LogP contribution in [0.3, 0.4) is 0 Å². The van der Waals surface area contributed by atoms with Crippen molar-refractivity contribution in [1.29, 1.82) is 0 Å². The Balaban J connectivity index is 2.82. The molecule has 0 saturated heterocycles. The van der Waals surface area contributed by atoms with Crippen molar-refractivity contribution in [3.05, 3.63) is 42.0 Å². The van der Waals surface area contributed by atoms with E-state index in [0.717, 1.165) is 11.1 Å². The van der Waals surface area contributed by atoms with Crippen LogP contribution in [0.25, 0.3) is 6.08 Å². The largest absolute Gasteiger partial charge is 0.358 e. The first-order valence-electron chi connectivity index (χ1n) is 3.82. The third-order valence-corrected chi connectivity index (χ3v) is 1.49. The average molecular weight is 174 g/mol. The third kappa shape index (κ3) is 3.12. The van der Waals surface area contributed by atoms with Crippen LogP contribution in [0.5, 0.6) is 0 Å². The standard InChI is InChI=1S/C11H10O2/c1-2-9-3-5-10(6-4-9)7-8-11(12)13/h2-6,11-13H,1H2. The number of hydrogen-bond donors (Lipinski definition) is 2. The Bertz CT molecular complexity index is 339. The quantitative estimate of drug-likeness (QED) is 0.492. The van der Waals surface area contributed by atoms with Crippen LogP contribution in [0.2, 0.25) is 0 Å². The van der Waals surface area contributed by atoms with Gasteiger partial charge in [-0.15, -0.1) is 0 Å². The number of rotatable bonds is 1. The monoisotopic (exact) mass is 174 g/mol. The van der Waals surface area contributed by atoms with E-state index in [1.54, 1.807) is 18.2 Å². The van der Waals surface area contributed by atoms with Crippen LogP contribution < -0.4 is 0 Å². The zero-order valence-electron chi connectivity index (χ0n) is 7.07. The van der Waals surface area contributed by atoms with Gasteiger partial charge in [0.2, 0.25) is 6.29 Å². The number of hydrogen-bond acceptors (Lipinski definition) is 2. The summed E-state index contributed by atoms with van der Waals surface area (Å²) < 4.78 is 0. The Kier molecular flexibility index (Phi) is 3.27. The molecule has 13 heavy (non-hydrogen) atoms. The topological polar surface area (TPSA) is 40.5 Å². The van der Waals surface area contributed by atoms with Crippen molar-refractivity contribution in [2.75, 3.05) is 0 Å². The van der Waals surface area contributed by atoms with E-state index in [2.05, 4.69) is 18.4 Å². The van der Waals surface area contributed by atoms with E-state index < -0.39 is 6.29 Å². The van der Waals surface area contributed by atoms with Gasteiger partial charge in [-0.05, 0) is 23.6 Å². The molecule has 2 nitrogen and oxygen atoms in total. The summed E-state index contributed by atoms with van der Waals surface area (Å²) in [5, 5.41) is 17.0. The smallest absolute Gasteiger partial charge is 0.217 e. The maximum Gasteiger partial charge on any atom is 0.217 e. The molecule has 2 N–H and O–H groups in total. The highest BCUT2D eigenvalue weighted by atomic mass is 16.5. The lowest BCUT2D eigenvalue weighted by Crippen LogP contribution is -1.98. The summed E-state index contributed by atoms with van der Waals surface area (Å²) in [6.45, 7) is 3.62. The summed E-state index contributed by atoms with van der Waals surface area (Å²) in [5.41, 5.74) is 1.76. The lowest BCUT2D eigenvalue weighted by atomic mass is 10.1. The van der Waals surface area contributed by atoms with Crippen molar-refractivity contribution >= 4 is 6.08 Å². The minimum Gasteiger partial charge on any atom is -0.358 e. The Morgan fingerprint density at radius 2 is 1.85 bits per heavy atom. The van der Waals surface area contributed by atoms with E-state index in [1.165, 1.54) is 0 Å². The molecule has 0 fully saturated rings. The van der Waals surface area contributed by atoms with Crippen molar-refractivity contribution in [3.63, 3.8) is 0 Å². The number of benzene rings is 1. The first kappa shape index (κ1) is 9.53. The fourth-order valence-corrected chi connectivity index (χ4v) is 0.850. The first-order valence-corrected chi connectivity index (χ1v) is 3.82. The first-order chi connectivity index (χ1) is 6.22. The fourth-order valence-electron chi connectivity index (χ4n) is 0.850. The van der Waals surface area contributed by atoms with Crippen molar-refractivity contribution in [2.24, 2.45) is 0 Å². The van der Waals surface area contributed by atoms with Gasteiger partial charge in [0.1, 0.15) is 0 Å². The van der Waals surface area contributed by atoms with Crippen LogP contribution in [0.15, 0.2) is 30.8 Å². The summed E-state index contributed by atoms with van der Waals surface area (Å²) in [5.74, 6) is 4.85. The Morgan fingerprint density at radius 1 is 1.23 bits per heavy atom. The van der Waals surface area contributed by atoms with Crippen LogP contribution >= 0.6 is 0 Å². The van der Waals surface area contributed by atoms with Gasteiger partial charge < -0.3 is 10.2 Å². The fraction of sp³-hybridized carbons (Fsp3) is 0.0909. The average Bonchev–Trinajstić information content (AvgIpc) is 2.15. The second-order valence-electron chi connectivity index (χ2n) is 2.47. The van der Waals surface area contributed by atoms with E-state index in [0.29, 0.717) is 0 Å². The van der Waals surface area contributed by atoms with Crippen LogP contribution in [0.1, 0.15) is 11.1 Å². The zero-order chi connectivity index (χ0) is 9.68. The van der Waals surface area contributed by atoms with Gasteiger partial charge in [0.25, 0.3) is 0 Å². The molecule has 1 aromatic carbocycles. The molecule has 0 aliphatic rings. The number of aliphatic hydroxyl groups excluding tert-OH is 1. The maximum absolute atomic E-state index is 8.48. The summed E-state index contributed by atoms with van der Waals surface area (Å²) in [7, 11) is 0. The van der Waals surface area contributed by atoms with Gasteiger partial charge in [-0.2, -0.15) is 0 Å². The lowest BCUT2D eigenvalue weighted by Gasteiger charge is -1.93. The van der Waals surface area contributed by atoms with Gasteiger partial charge in [-0.1, -0.05) is 30.7 Å². The Labute approximate surface area is 77.2 Å². The molecule has 0 spiro atoms. The molecule has 0 heterocycles. The molecule has 1 rings (SSSR count). The predicted octanol–water partition coefficient (Wildman–Crippen LogP) is 0.992. The second kappa shape index (κ2) is 4.46. The van der Waals surface area contributed by atoms with E-state index in [4.69, 9.17) is 10.2 Å². The predicted molar refractivity (Wildman–Crippen MR) is 51.6 cm³/mol. The van der Waals surface area contributed by atoms with Gasteiger partial charge >= 0.3 is 0 Å². The molecule has 0 amide bonds. The van der Waals surface area contributed by atoms with Gasteiger partial charge in [0, 0.05) is 5.56 Å². The second-order valence-corrected chi connectivity index (χ2v) is 2.47. The van der Waals surface area contributed by atoms with E-state index >= 15 is 0 Å². The Morgan fingerprint density at radius 3 is 2.31 bits per heavy atom. The molecule has 0 aromatic heterocycles. The molecular weight excluding hydrogens is 164 g/mol. The molecule has 0 aliphatic heterocycles. The van der Waals surface area contributed by atoms with Crippen LogP contribution in [-0.4, -0.2) is 16.5 Å². The van der Waals surface area contributed by atoms with Gasteiger partial charge in [0.15, 0.2) is 0 Å². The van der Waals surface area contributed by atoms with E-state index in [-0.39, 0.29) is 0 Å². The summed E-state index contributed by atoms with van der Waals surface area (Å²) >= 11 is 0. The van der Waals surface area contributed by atoms with Crippen molar-refractivity contribution in [3.8, 4) is 11.8 Å². The molecule has 1 aromatic rings. The highest BCUT2D eigenvalue weighted by Gasteiger charge is 1.88. The lowest BCUT2D eigenvalue weighted by molar-refractivity contribution is 0.0108. The molecule has 66 valence electrons.